The summed E-state index contributed by atoms with van der Waals surface area (Å²) in [6.07, 6.45) is 6.94. The van der Waals surface area contributed by atoms with Crippen LogP contribution >= 0.6 is 11.8 Å². The molecule has 0 atom stereocenters. The van der Waals surface area contributed by atoms with Gasteiger partial charge < -0.3 is 9.88 Å². The average molecular weight is 353 g/mol. The fraction of sp³-hybridized carbons (Fsp3) is 0.222. The highest BCUT2D eigenvalue weighted by atomic mass is 32.2. The molecular formula is C18H19N5OS. The lowest BCUT2D eigenvalue weighted by molar-refractivity contribution is 0.0949. The maximum absolute atomic E-state index is 12.4. The van der Waals surface area contributed by atoms with Gasteiger partial charge in [0.1, 0.15) is 0 Å². The van der Waals surface area contributed by atoms with E-state index in [1.807, 2.05) is 35.0 Å². The summed E-state index contributed by atoms with van der Waals surface area (Å²) in [5.41, 5.74) is 0.714. The fourth-order valence-electron chi connectivity index (χ4n) is 2.43. The summed E-state index contributed by atoms with van der Waals surface area (Å²) in [6, 6.07) is 9.43. The maximum Gasteiger partial charge on any atom is 0.252 e. The van der Waals surface area contributed by atoms with Gasteiger partial charge in [0.25, 0.3) is 5.91 Å². The molecule has 0 aliphatic carbocycles. The van der Waals surface area contributed by atoms with Crippen molar-refractivity contribution in [3.8, 4) is 11.6 Å². The van der Waals surface area contributed by atoms with Crippen molar-refractivity contribution in [3.63, 3.8) is 0 Å². The van der Waals surface area contributed by atoms with Crippen LogP contribution in [0.3, 0.4) is 0 Å². The Balaban J connectivity index is 1.63. The van der Waals surface area contributed by atoms with Gasteiger partial charge in [0.05, 0.1) is 5.56 Å². The molecule has 0 bridgehead atoms. The van der Waals surface area contributed by atoms with Gasteiger partial charge in [0.2, 0.25) is 0 Å². The molecule has 0 aliphatic rings. The second-order valence-electron chi connectivity index (χ2n) is 5.20. The van der Waals surface area contributed by atoms with E-state index in [-0.39, 0.29) is 5.91 Å². The first kappa shape index (κ1) is 17.2. The van der Waals surface area contributed by atoms with Gasteiger partial charge in [0, 0.05) is 42.8 Å². The van der Waals surface area contributed by atoms with E-state index in [0.29, 0.717) is 30.3 Å². The number of nitrogens with one attached hydrogen (secondary N) is 1. The first-order valence-electron chi connectivity index (χ1n) is 8.08. The summed E-state index contributed by atoms with van der Waals surface area (Å²) in [6.45, 7) is 3.17. The monoisotopic (exact) mass is 353 g/mol. The Morgan fingerprint density at radius 1 is 1.12 bits per heavy atom. The molecule has 25 heavy (non-hydrogen) atoms. The summed E-state index contributed by atoms with van der Waals surface area (Å²) >= 11 is 1.67. The van der Waals surface area contributed by atoms with Crippen LogP contribution in [0.2, 0.25) is 0 Å². The summed E-state index contributed by atoms with van der Waals surface area (Å²) < 4.78 is 1.93. The SMILES string of the molecule is CCSc1ccccc1C(=O)NCCn1ccnc1-c1ncccn1. The topological polar surface area (TPSA) is 72.7 Å². The molecule has 0 fully saturated rings. The molecule has 1 N–H and O–H groups in total. The number of carbonyl (C=O) groups excluding carboxylic acids is 1. The van der Waals surface area contributed by atoms with Crippen molar-refractivity contribution in [3.05, 3.63) is 60.7 Å². The van der Waals surface area contributed by atoms with Crippen molar-refractivity contribution in [2.45, 2.75) is 18.4 Å². The van der Waals surface area contributed by atoms with Gasteiger partial charge in [0.15, 0.2) is 11.6 Å². The molecule has 2 heterocycles. The van der Waals surface area contributed by atoms with E-state index < -0.39 is 0 Å². The third kappa shape index (κ3) is 4.24. The number of rotatable bonds is 7. The van der Waals surface area contributed by atoms with Crippen LogP contribution in [0.5, 0.6) is 0 Å². The Kier molecular flexibility index (Phi) is 5.79. The second kappa shape index (κ2) is 8.43. The van der Waals surface area contributed by atoms with Crippen LogP contribution in [0, 0.1) is 0 Å². The van der Waals surface area contributed by atoms with Gasteiger partial charge in [-0.3, -0.25) is 4.79 Å². The van der Waals surface area contributed by atoms with Gasteiger partial charge >= 0.3 is 0 Å². The van der Waals surface area contributed by atoms with Crippen molar-refractivity contribution in [2.24, 2.45) is 0 Å². The van der Waals surface area contributed by atoms with Crippen LogP contribution < -0.4 is 5.32 Å². The number of thioether (sulfide) groups is 1. The van der Waals surface area contributed by atoms with Crippen molar-refractivity contribution >= 4 is 17.7 Å². The molecule has 3 rings (SSSR count). The van der Waals surface area contributed by atoms with Crippen LogP contribution in [0.15, 0.2) is 60.0 Å². The van der Waals surface area contributed by atoms with Gasteiger partial charge in [-0.2, -0.15) is 0 Å². The van der Waals surface area contributed by atoms with Crippen molar-refractivity contribution < 1.29 is 4.79 Å². The molecule has 7 heteroatoms. The molecule has 0 aliphatic heterocycles. The molecule has 0 saturated heterocycles. The third-order valence-electron chi connectivity index (χ3n) is 3.55. The molecule has 6 nitrogen and oxygen atoms in total. The highest BCUT2D eigenvalue weighted by Gasteiger charge is 2.11. The Hall–Kier alpha value is -2.67. The third-order valence-corrected chi connectivity index (χ3v) is 4.51. The van der Waals surface area contributed by atoms with Crippen LogP contribution in [0.1, 0.15) is 17.3 Å². The molecular weight excluding hydrogens is 334 g/mol. The number of carbonyl (C=O) groups is 1. The van der Waals surface area contributed by atoms with E-state index in [9.17, 15) is 4.79 Å². The van der Waals surface area contributed by atoms with E-state index in [4.69, 9.17) is 0 Å². The minimum Gasteiger partial charge on any atom is -0.350 e. The van der Waals surface area contributed by atoms with Crippen molar-refractivity contribution in [2.75, 3.05) is 12.3 Å². The average Bonchev–Trinajstić information content (AvgIpc) is 3.11. The molecule has 3 aromatic rings. The largest absolute Gasteiger partial charge is 0.350 e. The summed E-state index contributed by atoms with van der Waals surface area (Å²) in [4.78, 5) is 26.2. The summed E-state index contributed by atoms with van der Waals surface area (Å²) in [5, 5.41) is 2.97. The van der Waals surface area contributed by atoms with E-state index in [2.05, 4.69) is 27.2 Å². The smallest absolute Gasteiger partial charge is 0.252 e. The summed E-state index contributed by atoms with van der Waals surface area (Å²) in [7, 11) is 0. The molecule has 0 saturated carbocycles. The molecule has 1 aromatic carbocycles. The number of benzene rings is 1. The van der Waals surface area contributed by atoms with E-state index in [1.54, 1.807) is 36.4 Å². The zero-order valence-electron chi connectivity index (χ0n) is 13.9. The Bertz CT molecular complexity index is 834. The van der Waals surface area contributed by atoms with Gasteiger partial charge in [-0.15, -0.1) is 11.8 Å². The van der Waals surface area contributed by atoms with Crippen LogP contribution in [0.4, 0.5) is 0 Å². The first-order valence-corrected chi connectivity index (χ1v) is 9.06. The standard InChI is InChI=1S/C18H19N5OS/c1-2-25-15-7-4-3-6-14(15)18(24)22-11-13-23-12-10-21-17(23)16-19-8-5-9-20-16/h3-10,12H,2,11,13H2,1H3,(H,22,24). The predicted molar refractivity (Wildman–Crippen MR) is 98.4 cm³/mol. The number of aromatic nitrogens is 4. The molecule has 0 unspecified atom stereocenters. The summed E-state index contributed by atoms with van der Waals surface area (Å²) in [5.74, 6) is 2.13. The zero-order valence-corrected chi connectivity index (χ0v) is 14.7. The van der Waals surface area contributed by atoms with Gasteiger partial charge in [-0.25, -0.2) is 15.0 Å². The number of hydrogen-bond acceptors (Lipinski definition) is 5. The van der Waals surface area contributed by atoms with E-state index in [1.165, 1.54) is 0 Å². The predicted octanol–water partition coefficient (Wildman–Crippen LogP) is 2.88. The second-order valence-corrected chi connectivity index (χ2v) is 6.51. The highest BCUT2D eigenvalue weighted by Crippen LogP contribution is 2.22. The van der Waals surface area contributed by atoms with Crippen LogP contribution in [-0.2, 0) is 6.54 Å². The highest BCUT2D eigenvalue weighted by molar-refractivity contribution is 7.99. The number of amides is 1. The van der Waals surface area contributed by atoms with Gasteiger partial charge in [-0.1, -0.05) is 19.1 Å². The molecule has 128 valence electrons. The normalized spacial score (nSPS) is 10.6. The Morgan fingerprint density at radius 3 is 2.72 bits per heavy atom. The van der Waals surface area contributed by atoms with Gasteiger partial charge in [-0.05, 0) is 24.0 Å². The molecule has 0 spiro atoms. The Morgan fingerprint density at radius 2 is 1.92 bits per heavy atom. The molecule has 0 radical (unpaired) electrons. The van der Waals surface area contributed by atoms with Crippen molar-refractivity contribution in [1.82, 2.24) is 24.8 Å². The van der Waals surface area contributed by atoms with Crippen LogP contribution in [-0.4, -0.2) is 37.7 Å². The van der Waals surface area contributed by atoms with E-state index in [0.717, 1.165) is 10.6 Å². The fourth-order valence-corrected chi connectivity index (χ4v) is 3.23. The first-order chi connectivity index (χ1) is 12.3. The maximum atomic E-state index is 12.4. The number of nitrogens with zero attached hydrogens (tertiary/aromatic N) is 4. The minimum atomic E-state index is -0.0609. The lowest BCUT2D eigenvalue weighted by Crippen LogP contribution is -2.27. The number of imidazole rings is 1. The molecule has 2 aromatic heterocycles. The zero-order chi connectivity index (χ0) is 17.5. The lowest BCUT2D eigenvalue weighted by atomic mass is 10.2. The lowest BCUT2D eigenvalue weighted by Gasteiger charge is -2.10. The van der Waals surface area contributed by atoms with E-state index >= 15 is 0 Å². The minimum absolute atomic E-state index is 0.0609. The molecule has 1 amide bonds. The Labute approximate surface area is 150 Å². The van der Waals surface area contributed by atoms with Crippen molar-refractivity contribution in [1.29, 1.82) is 0 Å². The number of hydrogen-bond donors (Lipinski definition) is 1. The quantitative estimate of drug-likeness (QED) is 0.661. The van der Waals surface area contributed by atoms with Crippen LogP contribution in [0.25, 0.3) is 11.6 Å².